The van der Waals surface area contributed by atoms with E-state index in [1.54, 1.807) is 0 Å². The first kappa shape index (κ1) is 13.7. The number of aliphatic hydroxyl groups excluding tert-OH is 1. The van der Waals surface area contributed by atoms with E-state index in [1.807, 2.05) is 6.92 Å². The fourth-order valence-corrected chi connectivity index (χ4v) is 2.26. The van der Waals surface area contributed by atoms with Crippen LogP contribution in [0.15, 0.2) is 23.6 Å². The molecule has 7 heteroatoms. The highest BCUT2D eigenvalue weighted by molar-refractivity contribution is 5.26. The standard InChI is InChI=1S/C12H16FN3O3/c1-3-12(6-17)7(2)4-9(19-12)16-5-8(13)10(14)15-11(16)18/h3,5,7,9,17H,1,4,6H2,2H3,(H2,14,15,18)/t7-,9+,12+/m0/s1. The minimum atomic E-state index is -0.929. The molecule has 0 bridgehead atoms. The van der Waals surface area contributed by atoms with E-state index in [0.717, 1.165) is 10.8 Å². The van der Waals surface area contributed by atoms with Crippen LogP contribution in [0.1, 0.15) is 19.6 Å². The van der Waals surface area contributed by atoms with Crippen LogP contribution < -0.4 is 11.4 Å². The number of hydrogen-bond donors (Lipinski definition) is 2. The lowest BCUT2D eigenvalue weighted by molar-refractivity contribution is -0.0806. The molecule has 3 atom stereocenters. The number of anilines is 1. The predicted molar refractivity (Wildman–Crippen MR) is 66.8 cm³/mol. The Kier molecular flexibility index (Phi) is 3.42. The van der Waals surface area contributed by atoms with Gasteiger partial charge in [-0.25, -0.2) is 9.18 Å². The molecule has 0 amide bonds. The third-order valence-corrected chi connectivity index (χ3v) is 3.58. The Balaban J connectivity index is 2.38. The first-order valence-electron chi connectivity index (χ1n) is 5.90. The van der Waals surface area contributed by atoms with Crippen LogP contribution in [-0.4, -0.2) is 26.9 Å². The maximum atomic E-state index is 13.4. The Morgan fingerprint density at radius 2 is 2.53 bits per heavy atom. The van der Waals surface area contributed by atoms with Crippen molar-refractivity contribution in [2.45, 2.75) is 25.2 Å². The summed E-state index contributed by atoms with van der Waals surface area (Å²) in [5.41, 5.74) is 3.61. The van der Waals surface area contributed by atoms with Gasteiger partial charge in [0.2, 0.25) is 0 Å². The summed E-state index contributed by atoms with van der Waals surface area (Å²) in [6.07, 6.45) is 2.22. The van der Waals surface area contributed by atoms with Crippen LogP contribution in [0.5, 0.6) is 0 Å². The topological polar surface area (TPSA) is 90.4 Å². The molecule has 0 aromatic carbocycles. The zero-order chi connectivity index (χ0) is 14.2. The van der Waals surface area contributed by atoms with Crippen LogP contribution in [0.2, 0.25) is 0 Å². The number of hydrogen-bond acceptors (Lipinski definition) is 5. The average Bonchev–Trinajstić information content (AvgIpc) is 2.71. The van der Waals surface area contributed by atoms with Crippen molar-refractivity contribution in [3.8, 4) is 0 Å². The molecule has 6 nitrogen and oxygen atoms in total. The second kappa shape index (κ2) is 4.75. The molecule has 0 aliphatic carbocycles. The van der Waals surface area contributed by atoms with Crippen molar-refractivity contribution >= 4 is 5.82 Å². The van der Waals surface area contributed by atoms with Crippen LogP contribution >= 0.6 is 0 Å². The predicted octanol–water partition coefficient (Wildman–Crippen LogP) is 0.437. The number of aliphatic hydroxyl groups is 1. The molecule has 1 aliphatic heterocycles. The Bertz CT molecular complexity index is 560. The Labute approximate surface area is 109 Å². The second-order valence-electron chi connectivity index (χ2n) is 4.69. The van der Waals surface area contributed by atoms with Gasteiger partial charge < -0.3 is 15.6 Å². The lowest BCUT2D eigenvalue weighted by Gasteiger charge is -2.27. The van der Waals surface area contributed by atoms with Gasteiger partial charge in [-0.05, 0) is 12.3 Å². The number of nitrogen functional groups attached to an aromatic ring is 1. The molecular weight excluding hydrogens is 253 g/mol. The first-order valence-corrected chi connectivity index (χ1v) is 5.90. The zero-order valence-corrected chi connectivity index (χ0v) is 10.5. The quantitative estimate of drug-likeness (QED) is 0.777. The third-order valence-electron chi connectivity index (χ3n) is 3.58. The summed E-state index contributed by atoms with van der Waals surface area (Å²) in [6.45, 7) is 5.25. The largest absolute Gasteiger partial charge is 0.393 e. The lowest BCUT2D eigenvalue weighted by atomic mass is 9.89. The Morgan fingerprint density at radius 1 is 1.84 bits per heavy atom. The summed E-state index contributed by atoms with van der Waals surface area (Å²) in [4.78, 5) is 15.1. The van der Waals surface area contributed by atoms with Crippen molar-refractivity contribution in [1.82, 2.24) is 9.55 Å². The van der Waals surface area contributed by atoms with E-state index >= 15 is 0 Å². The second-order valence-corrected chi connectivity index (χ2v) is 4.69. The average molecular weight is 269 g/mol. The minimum Gasteiger partial charge on any atom is -0.393 e. The lowest BCUT2D eigenvalue weighted by Crippen LogP contribution is -2.36. The van der Waals surface area contributed by atoms with E-state index in [-0.39, 0.29) is 12.5 Å². The fourth-order valence-electron chi connectivity index (χ4n) is 2.26. The van der Waals surface area contributed by atoms with E-state index in [1.165, 1.54) is 6.08 Å². The zero-order valence-electron chi connectivity index (χ0n) is 10.5. The summed E-state index contributed by atoms with van der Waals surface area (Å²) in [5, 5.41) is 9.43. The monoisotopic (exact) mass is 269 g/mol. The van der Waals surface area contributed by atoms with E-state index < -0.39 is 29.2 Å². The van der Waals surface area contributed by atoms with Crippen LogP contribution in [-0.2, 0) is 4.74 Å². The summed E-state index contributed by atoms with van der Waals surface area (Å²) in [5.74, 6) is -1.28. The number of rotatable bonds is 3. The van der Waals surface area contributed by atoms with Crippen molar-refractivity contribution in [1.29, 1.82) is 0 Å². The van der Waals surface area contributed by atoms with Crippen molar-refractivity contribution in [3.05, 3.63) is 35.2 Å². The summed E-state index contributed by atoms with van der Waals surface area (Å²) >= 11 is 0. The van der Waals surface area contributed by atoms with E-state index in [0.29, 0.717) is 6.42 Å². The first-order chi connectivity index (χ1) is 8.93. The molecule has 1 aliphatic rings. The number of nitrogens with two attached hydrogens (primary N) is 1. The molecule has 1 aromatic rings. The van der Waals surface area contributed by atoms with Crippen LogP contribution in [0.25, 0.3) is 0 Å². The van der Waals surface area contributed by atoms with Crippen molar-refractivity contribution < 1.29 is 14.2 Å². The molecule has 19 heavy (non-hydrogen) atoms. The molecule has 0 unspecified atom stereocenters. The third kappa shape index (κ3) is 2.15. The maximum Gasteiger partial charge on any atom is 0.351 e. The molecular formula is C12H16FN3O3. The molecule has 0 spiro atoms. The maximum absolute atomic E-state index is 13.4. The summed E-state index contributed by atoms with van der Waals surface area (Å²) < 4.78 is 20.1. The van der Waals surface area contributed by atoms with E-state index in [9.17, 15) is 14.3 Å². The van der Waals surface area contributed by atoms with Gasteiger partial charge in [0.25, 0.3) is 0 Å². The van der Waals surface area contributed by atoms with Gasteiger partial charge in [0.1, 0.15) is 11.8 Å². The minimum absolute atomic E-state index is 0.0625. The Morgan fingerprint density at radius 3 is 3.05 bits per heavy atom. The number of ether oxygens (including phenoxy) is 1. The smallest absolute Gasteiger partial charge is 0.351 e. The SMILES string of the molecule is C=C[C@]1(CO)O[C@@H](n2cc(F)c(N)nc2=O)C[C@@H]1C. The molecule has 2 heterocycles. The van der Waals surface area contributed by atoms with Gasteiger partial charge in [0.15, 0.2) is 11.6 Å². The van der Waals surface area contributed by atoms with Gasteiger partial charge in [-0.15, -0.1) is 6.58 Å². The molecule has 1 fully saturated rings. The van der Waals surface area contributed by atoms with Crippen LogP contribution in [0.3, 0.4) is 0 Å². The molecule has 2 rings (SSSR count). The normalized spacial score (nSPS) is 30.5. The van der Waals surface area contributed by atoms with Crippen molar-refractivity contribution in [2.75, 3.05) is 12.3 Å². The molecule has 3 N–H and O–H groups in total. The van der Waals surface area contributed by atoms with Crippen LogP contribution in [0.4, 0.5) is 10.2 Å². The number of nitrogens with zero attached hydrogens (tertiary/aromatic N) is 2. The fraction of sp³-hybridized carbons (Fsp3) is 0.500. The van der Waals surface area contributed by atoms with Crippen molar-refractivity contribution in [2.24, 2.45) is 5.92 Å². The van der Waals surface area contributed by atoms with Gasteiger partial charge in [0, 0.05) is 0 Å². The van der Waals surface area contributed by atoms with Gasteiger partial charge in [-0.3, -0.25) is 4.57 Å². The number of halogens is 1. The highest BCUT2D eigenvalue weighted by atomic mass is 19.1. The summed E-state index contributed by atoms with van der Waals surface area (Å²) in [7, 11) is 0. The number of aromatic nitrogens is 2. The van der Waals surface area contributed by atoms with Gasteiger partial charge in [0.05, 0.1) is 12.8 Å². The van der Waals surface area contributed by atoms with Crippen LogP contribution in [0, 0.1) is 11.7 Å². The van der Waals surface area contributed by atoms with Gasteiger partial charge in [-0.2, -0.15) is 4.98 Å². The molecule has 1 saturated heterocycles. The van der Waals surface area contributed by atoms with Gasteiger partial charge >= 0.3 is 5.69 Å². The van der Waals surface area contributed by atoms with E-state index in [4.69, 9.17) is 10.5 Å². The van der Waals surface area contributed by atoms with E-state index in [2.05, 4.69) is 11.6 Å². The highest BCUT2D eigenvalue weighted by Crippen LogP contribution is 2.41. The summed E-state index contributed by atoms with van der Waals surface area (Å²) in [6, 6.07) is 0. The molecule has 1 aromatic heterocycles. The van der Waals surface area contributed by atoms with Gasteiger partial charge in [-0.1, -0.05) is 13.0 Å². The Hall–Kier alpha value is -1.73. The molecule has 104 valence electrons. The van der Waals surface area contributed by atoms with Crippen molar-refractivity contribution in [3.63, 3.8) is 0 Å². The highest BCUT2D eigenvalue weighted by Gasteiger charge is 2.44. The molecule has 0 radical (unpaired) electrons. The molecule has 0 saturated carbocycles.